The molecule has 1 aliphatic heterocycles. The summed E-state index contributed by atoms with van der Waals surface area (Å²) in [5.41, 5.74) is 3.61. The van der Waals surface area contributed by atoms with Gasteiger partial charge in [-0.2, -0.15) is 0 Å². The highest BCUT2D eigenvalue weighted by atomic mass is 19.1. The zero-order valence-corrected chi connectivity index (χ0v) is 18.6. The van der Waals surface area contributed by atoms with Crippen LogP contribution in [0.1, 0.15) is 30.1 Å². The predicted octanol–water partition coefficient (Wildman–Crippen LogP) is 5.44. The van der Waals surface area contributed by atoms with E-state index in [1.807, 2.05) is 18.2 Å². The van der Waals surface area contributed by atoms with Gasteiger partial charge in [-0.25, -0.2) is 4.39 Å². The summed E-state index contributed by atoms with van der Waals surface area (Å²) < 4.78 is 15.4. The average molecular weight is 444 g/mol. The van der Waals surface area contributed by atoms with E-state index in [-0.39, 0.29) is 23.5 Å². The molecule has 5 rings (SSSR count). The van der Waals surface area contributed by atoms with Crippen molar-refractivity contribution in [1.29, 1.82) is 0 Å². The molecule has 1 aliphatic rings. The van der Waals surface area contributed by atoms with Crippen LogP contribution in [-0.4, -0.2) is 34.4 Å². The number of carbonyl (C=O) groups is 2. The monoisotopic (exact) mass is 443 g/mol. The molecule has 1 aromatic heterocycles. The molecule has 168 valence electrons. The normalized spacial score (nSPS) is 14.7. The number of fused-ring (bicyclic) bond motifs is 3. The van der Waals surface area contributed by atoms with Crippen molar-refractivity contribution in [3.05, 3.63) is 78.1 Å². The first kappa shape index (κ1) is 21.2. The van der Waals surface area contributed by atoms with Crippen LogP contribution in [0.4, 0.5) is 10.1 Å². The Morgan fingerprint density at radius 3 is 2.36 bits per heavy atom. The van der Waals surface area contributed by atoms with E-state index in [1.165, 1.54) is 35.2 Å². The topological polar surface area (TPSA) is 54.3 Å². The maximum atomic E-state index is 13.1. The molecule has 3 aromatic carbocycles. The number of nitrogens with zero attached hydrogens (tertiary/aromatic N) is 2. The summed E-state index contributed by atoms with van der Waals surface area (Å²) in [5, 5.41) is 5.39. The molecule has 0 atom stereocenters. The van der Waals surface area contributed by atoms with Crippen LogP contribution in [-0.2, 0) is 11.3 Å². The molecule has 0 bridgehead atoms. The molecular weight excluding hydrogens is 417 g/mol. The van der Waals surface area contributed by atoms with Crippen LogP contribution in [0.15, 0.2) is 66.7 Å². The van der Waals surface area contributed by atoms with Crippen molar-refractivity contribution in [2.24, 2.45) is 5.92 Å². The summed E-state index contributed by atoms with van der Waals surface area (Å²) in [7, 11) is 0. The van der Waals surface area contributed by atoms with E-state index >= 15 is 0 Å². The molecule has 33 heavy (non-hydrogen) atoms. The molecular formula is C27H26FN3O2. The first-order valence-electron chi connectivity index (χ1n) is 11.4. The molecule has 1 saturated heterocycles. The Bertz CT molecular complexity index is 1340. The lowest BCUT2D eigenvalue weighted by atomic mass is 9.95. The SMILES string of the molecule is CCn1c2ccccc2c2cc(NC(=O)C3CCN(C(=O)c4ccc(F)cc4)CC3)ccc21. The number of rotatable bonds is 4. The summed E-state index contributed by atoms with van der Waals surface area (Å²) in [5.74, 6) is -0.636. The third-order valence-corrected chi connectivity index (χ3v) is 6.60. The Morgan fingerprint density at radius 1 is 0.939 bits per heavy atom. The Hall–Kier alpha value is -3.67. The maximum absolute atomic E-state index is 13.1. The Labute approximate surface area is 191 Å². The van der Waals surface area contributed by atoms with Gasteiger partial charge in [-0.15, -0.1) is 0 Å². The Kier molecular flexibility index (Phi) is 5.58. The van der Waals surface area contributed by atoms with Crippen LogP contribution >= 0.6 is 0 Å². The molecule has 5 nitrogen and oxygen atoms in total. The number of halogens is 1. The van der Waals surface area contributed by atoms with E-state index < -0.39 is 0 Å². The second-order valence-electron chi connectivity index (χ2n) is 8.56. The molecule has 0 saturated carbocycles. The Morgan fingerprint density at radius 2 is 1.64 bits per heavy atom. The van der Waals surface area contributed by atoms with Crippen molar-refractivity contribution >= 4 is 39.3 Å². The standard InChI is InChI=1S/C27H26FN3O2/c1-2-31-24-6-4-3-5-22(24)23-17-21(11-12-25(23)31)29-26(32)18-13-15-30(16-14-18)27(33)19-7-9-20(28)10-8-19/h3-12,17-18H,2,13-16H2,1H3,(H,29,32). The fourth-order valence-corrected chi connectivity index (χ4v) is 4.84. The van der Waals surface area contributed by atoms with Gasteiger partial charge in [-0.3, -0.25) is 9.59 Å². The van der Waals surface area contributed by atoms with E-state index in [1.54, 1.807) is 4.90 Å². The number of para-hydroxylation sites is 1. The van der Waals surface area contributed by atoms with Gasteiger partial charge < -0.3 is 14.8 Å². The number of carbonyl (C=O) groups excluding carboxylic acids is 2. The lowest BCUT2D eigenvalue weighted by Crippen LogP contribution is -2.41. The quantitative estimate of drug-likeness (QED) is 0.456. The van der Waals surface area contributed by atoms with Crippen LogP contribution in [0.5, 0.6) is 0 Å². The molecule has 1 fully saturated rings. The molecule has 2 amide bonds. The lowest BCUT2D eigenvalue weighted by Gasteiger charge is -2.31. The lowest BCUT2D eigenvalue weighted by molar-refractivity contribution is -0.121. The van der Waals surface area contributed by atoms with Gasteiger partial charge in [0.05, 0.1) is 0 Å². The number of benzene rings is 3. The largest absolute Gasteiger partial charge is 0.341 e. The number of hydrogen-bond acceptors (Lipinski definition) is 2. The predicted molar refractivity (Wildman–Crippen MR) is 129 cm³/mol. The van der Waals surface area contributed by atoms with E-state index in [0.717, 1.165) is 23.1 Å². The number of aryl methyl sites for hydroxylation is 1. The summed E-state index contributed by atoms with van der Waals surface area (Å²) >= 11 is 0. The van der Waals surface area contributed by atoms with E-state index in [4.69, 9.17) is 0 Å². The molecule has 0 radical (unpaired) electrons. The number of piperidine rings is 1. The minimum atomic E-state index is -0.362. The van der Waals surface area contributed by atoms with Gasteiger partial charge in [0.15, 0.2) is 0 Å². The molecule has 0 unspecified atom stereocenters. The fraction of sp³-hybridized carbons (Fsp3) is 0.259. The second-order valence-corrected chi connectivity index (χ2v) is 8.56. The number of likely N-dealkylation sites (tertiary alicyclic amines) is 1. The van der Waals surface area contributed by atoms with Gasteiger partial charge >= 0.3 is 0 Å². The smallest absolute Gasteiger partial charge is 0.253 e. The van der Waals surface area contributed by atoms with Crippen molar-refractivity contribution in [2.75, 3.05) is 18.4 Å². The van der Waals surface area contributed by atoms with Gasteiger partial charge in [-0.1, -0.05) is 18.2 Å². The van der Waals surface area contributed by atoms with Crippen molar-refractivity contribution in [2.45, 2.75) is 26.3 Å². The number of hydrogen-bond donors (Lipinski definition) is 1. The minimum absolute atomic E-state index is 0.0116. The highest BCUT2D eigenvalue weighted by molar-refractivity contribution is 6.10. The van der Waals surface area contributed by atoms with Crippen molar-refractivity contribution in [3.8, 4) is 0 Å². The first-order valence-corrected chi connectivity index (χ1v) is 11.4. The number of aromatic nitrogens is 1. The average Bonchev–Trinajstić information content (AvgIpc) is 3.17. The summed E-state index contributed by atoms with van der Waals surface area (Å²) in [4.78, 5) is 27.3. The van der Waals surface area contributed by atoms with Gasteiger partial charge in [-0.05, 0) is 68.3 Å². The van der Waals surface area contributed by atoms with E-state index in [2.05, 4.69) is 41.1 Å². The summed E-state index contributed by atoms with van der Waals surface area (Å²) in [6, 6.07) is 20.0. The van der Waals surface area contributed by atoms with Crippen LogP contribution in [0.25, 0.3) is 21.8 Å². The zero-order valence-electron chi connectivity index (χ0n) is 18.6. The summed E-state index contributed by atoms with van der Waals surface area (Å²) in [6.45, 7) is 4.04. The fourth-order valence-electron chi connectivity index (χ4n) is 4.84. The number of nitrogens with one attached hydrogen (secondary N) is 1. The van der Waals surface area contributed by atoms with E-state index in [9.17, 15) is 14.0 Å². The highest BCUT2D eigenvalue weighted by Crippen LogP contribution is 2.31. The number of amides is 2. The molecule has 2 heterocycles. The molecule has 0 aliphatic carbocycles. The van der Waals surface area contributed by atoms with Crippen molar-refractivity contribution < 1.29 is 14.0 Å². The minimum Gasteiger partial charge on any atom is -0.341 e. The molecule has 4 aromatic rings. The van der Waals surface area contributed by atoms with Crippen LogP contribution in [0.2, 0.25) is 0 Å². The molecule has 6 heteroatoms. The zero-order chi connectivity index (χ0) is 22.9. The second kappa shape index (κ2) is 8.70. The summed E-state index contributed by atoms with van der Waals surface area (Å²) in [6.07, 6.45) is 1.21. The van der Waals surface area contributed by atoms with Gasteiger partial charge in [0.2, 0.25) is 5.91 Å². The van der Waals surface area contributed by atoms with Crippen LogP contribution in [0, 0.1) is 11.7 Å². The van der Waals surface area contributed by atoms with Crippen LogP contribution in [0.3, 0.4) is 0 Å². The Balaban J connectivity index is 1.27. The van der Waals surface area contributed by atoms with Crippen molar-refractivity contribution in [1.82, 2.24) is 9.47 Å². The number of anilines is 1. The highest BCUT2D eigenvalue weighted by Gasteiger charge is 2.28. The van der Waals surface area contributed by atoms with Gasteiger partial charge in [0, 0.05) is 58.6 Å². The third kappa shape index (κ3) is 3.97. The van der Waals surface area contributed by atoms with Gasteiger partial charge in [0.1, 0.15) is 5.82 Å². The molecule has 1 N–H and O–H groups in total. The maximum Gasteiger partial charge on any atom is 0.253 e. The first-order chi connectivity index (χ1) is 16.0. The third-order valence-electron chi connectivity index (χ3n) is 6.60. The molecule has 0 spiro atoms. The van der Waals surface area contributed by atoms with Crippen molar-refractivity contribution in [3.63, 3.8) is 0 Å². The van der Waals surface area contributed by atoms with Gasteiger partial charge in [0.25, 0.3) is 5.91 Å². The van der Waals surface area contributed by atoms with Crippen LogP contribution < -0.4 is 5.32 Å². The van der Waals surface area contributed by atoms with E-state index in [0.29, 0.717) is 31.5 Å².